The molecule has 0 aliphatic carbocycles. The fraction of sp³-hybridized carbons (Fsp3) is 0.312. The Morgan fingerprint density at radius 3 is 2.35 bits per heavy atom. The second kappa shape index (κ2) is 5.92. The van der Waals surface area contributed by atoms with Crippen LogP contribution in [0.1, 0.15) is 25.3 Å². The van der Waals surface area contributed by atoms with Gasteiger partial charge in [-0.1, -0.05) is 25.5 Å². The normalized spacial score (nSPS) is 13.9. The summed E-state index contributed by atoms with van der Waals surface area (Å²) < 4.78 is 2.00. The van der Waals surface area contributed by atoms with E-state index in [1.54, 1.807) is 0 Å². The lowest BCUT2D eigenvalue weighted by atomic mass is 9.87. The summed E-state index contributed by atoms with van der Waals surface area (Å²) in [6.45, 7) is 1.94. The molecule has 106 valence electrons. The second-order valence-corrected chi connectivity index (χ2v) is 5.14. The Bertz CT molecular complexity index is 561. The highest BCUT2D eigenvalue weighted by molar-refractivity contribution is 5.78. The average molecular weight is 272 g/mol. The lowest BCUT2D eigenvalue weighted by molar-refractivity contribution is -0.143. The van der Waals surface area contributed by atoms with Gasteiger partial charge in [-0.2, -0.15) is 0 Å². The van der Waals surface area contributed by atoms with E-state index in [0.29, 0.717) is 12.8 Å². The number of rotatable bonds is 6. The summed E-state index contributed by atoms with van der Waals surface area (Å²) in [5.41, 5.74) is 6.83. The van der Waals surface area contributed by atoms with E-state index in [4.69, 9.17) is 5.73 Å². The Morgan fingerprint density at radius 2 is 1.85 bits per heavy atom. The smallest absolute Gasteiger partial charge is 0.324 e. The van der Waals surface area contributed by atoms with E-state index in [0.717, 1.165) is 17.7 Å². The largest absolute Gasteiger partial charge is 0.480 e. The number of aliphatic carboxylic acids is 1. The molecule has 0 fully saturated rings. The van der Waals surface area contributed by atoms with Gasteiger partial charge in [-0.3, -0.25) is 4.79 Å². The van der Waals surface area contributed by atoms with E-state index in [1.165, 1.54) is 0 Å². The summed E-state index contributed by atoms with van der Waals surface area (Å²) in [6, 6.07) is 11.8. The van der Waals surface area contributed by atoms with Crippen molar-refractivity contribution >= 4 is 5.97 Å². The number of carboxylic acids is 1. The van der Waals surface area contributed by atoms with Gasteiger partial charge in [0.1, 0.15) is 5.54 Å². The predicted octanol–water partition coefficient (Wildman–Crippen LogP) is 2.60. The van der Waals surface area contributed by atoms with Gasteiger partial charge >= 0.3 is 5.97 Å². The molecule has 1 unspecified atom stereocenters. The van der Waals surface area contributed by atoms with Gasteiger partial charge in [-0.25, -0.2) is 0 Å². The molecule has 20 heavy (non-hydrogen) atoms. The van der Waals surface area contributed by atoms with Crippen molar-refractivity contribution in [3.05, 3.63) is 54.4 Å². The topological polar surface area (TPSA) is 68.2 Å². The standard InChI is InChI=1S/C16H20N2O2/c1-2-9-16(17,15(19)20)12-13-5-7-14(8-6-13)18-10-3-4-11-18/h3-8,10-11H,2,9,12,17H2,1H3,(H,19,20). The van der Waals surface area contributed by atoms with Gasteiger partial charge in [0.05, 0.1) is 0 Å². The molecule has 0 bridgehead atoms. The lowest BCUT2D eigenvalue weighted by Crippen LogP contribution is -2.49. The molecule has 0 aliphatic rings. The molecule has 0 spiro atoms. The quantitative estimate of drug-likeness (QED) is 0.849. The zero-order valence-electron chi connectivity index (χ0n) is 11.6. The van der Waals surface area contributed by atoms with Gasteiger partial charge in [0, 0.05) is 24.5 Å². The van der Waals surface area contributed by atoms with Crippen molar-refractivity contribution < 1.29 is 9.90 Å². The van der Waals surface area contributed by atoms with Crippen LogP contribution in [0.2, 0.25) is 0 Å². The van der Waals surface area contributed by atoms with Crippen LogP contribution < -0.4 is 5.73 Å². The first-order valence-electron chi connectivity index (χ1n) is 6.80. The van der Waals surface area contributed by atoms with E-state index in [2.05, 4.69) is 0 Å². The third-order valence-electron chi connectivity index (χ3n) is 3.48. The van der Waals surface area contributed by atoms with Gasteiger partial charge in [0.25, 0.3) is 0 Å². The fourth-order valence-electron chi connectivity index (χ4n) is 2.37. The molecular weight excluding hydrogens is 252 g/mol. The summed E-state index contributed by atoms with van der Waals surface area (Å²) in [5.74, 6) is -0.936. The monoisotopic (exact) mass is 272 g/mol. The number of hydrogen-bond donors (Lipinski definition) is 2. The Morgan fingerprint density at radius 1 is 1.25 bits per heavy atom. The summed E-state index contributed by atoms with van der Waals surface area (Å²) in [6.07, 6.45) is 5.52. The van der Waals surface area contributed by atoms with E-state index >= 15 is 0 Å². The van der Waals surface area contributed by atoms with E-state index in [1.807, 2.05) is 60.3 Å². The molecule has 0 radical (unpaired) electrons. The molecule has 1 atom stereocenters. The molecule has 2 aromatic rings. The maximum Gasteiger partial charge on any atom is 0.324 e. The molecule has 4 nitrogen and oxygen atoms in total. The molecule has 3 N–H and O–H groups in total. The van der Waals surface area contributed by atoms with Crippen molar-refractivity contribution in [3.63, 3.8) is 0 Å². The molecule has 0 saturated carbocycles. The summed E-state index contributed by atoms with van der Waals surface area (Å²) in [5, 5.41) is 9.30. The van der Waals surface area contributed by atoms with Crippen molar-refractivity contribution in [2.24, 2.45) is 5.73 Å². The molecule has 1 aromatic carbocycles. The fourth-order valence-corrected chi connectivity index (χ4v) is 2.37. The van der Waals surface area contributed by atoms with Crippen LogP contribution in [0.25, 0.3) is 5.69 Å². The molecular formula is C16H20N2O2. The highest BCUT2D eigenvalue weighted by atomic mass is 16.4. The van der Waals surface area contributed by atoms with Gasteiger partial charge in [-0.15, -0.1) is 0 Å². The zero-order chi connectivity index (χ0) is 14.6. The van der Waals surface area contributed by atoms with Crippen molar-refractivity contribution in [1.82, 2.24) is 4.57 Å². The first kappa shape index (κ1) is 14.3. The van der Waals surface area contributed by atoms with Crippen molar-refractivity contribution in [2.45, 2.75) is 31.7 Å². The second-order valence-electron chi connectivity index (χ2n) is 5.14. The molecule has 2 rings (SSSR count). The van der Waals surface area contributed by atoms with Crippen LogP contribution in [-0.4, -0.2) is 21.2 Å². The Kier molecular flexibility index (Phi) is 4.25. The van der Waals surface area contributed by atoms with Crippen LogP contribution in [0.3, 0.4) is 0 Å². The minimum absolute atomic E-state index is 0.349. The van der Waals surface area contributed by atoms with Crippen LogP contribution in [0.4, 0.5) is 0 Å². The van der Waals surface area contributed by atoms with Crippen LogP contribution >= 0.6 is 0 Å². The number of aromatic nitrogens is 1. The Hall–Kier alpha value is -2.07. The zero-order valence-corrected chi connectivity index (χ0v) is 11.6. The van der Waals surface area contributed by atoms with Gasteiger partial charge in [-0.05, 0) is 36.2 Å². The number of benzene rings is 1. The molecule has 0 saturated heterocycles. The number of carbonyl (C=O) groups is 1. The minimum Gasteiger partial charge on any atom is -0.480 e. The van der Waals surface area contributed by atoms with Crippen LogP contribution in [0.5, 0.6) is 0 Å². The highest BCUT2D eigenvalue weighted by Crippen LogP contribution is 2.19. The molecule has 4 heteroatoms. The highest BCUT2D eigenvalue weighted by Gasteiger charge is 2.32. The summed E-state index contributed by atoms with van der Waals surface area (Å²) >= 11 is 0. The summed E-state index contributed by atoms with van der Waals surface area (Å²) in [4.78, 5) is 11.3. The summed E-state index contributed by atoms with van der Waals surface area (Å²) in [7, 11) is 0. The molecule has 1 aromatic heterocycles. The maximum absolute atomic E-state index is 11.3. The number of nitrogens with zero attached hydrogens (tertiary/aromatic N) is 1. The molecule has 0 amide bonds. The Labute approximate surface area is 118 Å². The maximum atomic E-state index is 11.3. The predicted molar refractivity (Wildman–Crippen MR) is 78.9 cm³/mol. The van der Waals surface area contributed by atoms with Crippen LogP contribution in [-0.2, 0) is 11.2 Å². The lowest BCUT2D eigenvalue weighted by Gasteiger charge is -2.24. The number of carboxylic acid groups (broad SMARTS) is 1. The third-order valence-corrected chi connectivity index (χ3v) is 3.48. The van der Waals surface area contributed by atoms with Crippen LogP contribution in [0, 0.1) is 0 Å². The number of nitrogens with two attached hydrogens (primary N) is 1. The van der Waals surface area contributed by atoms with Crippen molar-refractivity contribution in [3.8, 4) is 5.69 Å². The van der Waals surface area contributed by atoms with Crippen LogP contribution in [0.15, 0.2) is 48.8 Å². The SMILES string of the molecule is CCCC(N)(Cc1ccc(-n2cccc2)cc1)C(=O)O. The van der Waals surface area contributed by atoms with Crippen molar-refractivity contribution in [2.75, 3.05) is 0 Å². The number of hydrogen-bond acceptors (Lipinski definition) is 2. The van der Waals surface area contributed by atoms with Gasteiger partial charge in [0.15, 0.2) is 0 Å². The van der Waals surface area contributed by atoms with E-state index < -0.39 is 11.5 Å². The van der Waals surface area contributed by atoms with Gasteiger partial charge in [0.2, 0.25) is 0 Å². The minimum atomic E-state index is -1.18. The van der Waals surface area contributed by atoms with E-state index in [-0.39, 0.29) is 0 Å². The van der Waals surface area contributed by atoms with E-state index in [9.17, 15) is 9.90 Å². The third kappa shape index (κ3) is 3.08. The molecule has 1 heterocycles. The van der Waals surface area contributed by atoms with Crippen molar-refractivity contribution in [1.29, 1.82) is 0 Å². The van der Waals surface area contributed by atoms with Gasteiger partial charge < -0.3 is 15.4 Å². The first-order chi connectivity index (χ1) is 9.55. The molecule has 0 aliphatic heterocycles. The Balaban J connectivity index is 2.16. The first-order valence-corrected chi connectivity index (χ1v) is 6.80. The average Bonchev–Trinajstić information content (AvgIpc) is 2.93.